The van der Waals surface area contributed by atoms with Crippen LogP contribution in [0.5, 0.6) is 0 Å². The maximum absolute atomic E-state index is 13.6. The minimum Gasteiger partial charge on any atom is -0.354 e. The molecule has 0 saturated heterocycles. The summed E-state index contributed by atoms with van der Waals surface area (Å²) < 4.78 is 0. The topological polar surface area (TPSA) is 49.9 Å². The van der Waals surface area contributed by atoms with Gasteiger partial charge >= 0.3 is 0 Å². The Hall–Kier alpha value is -2.42. The molecule has 214 valence electrons. The quantitative estimate of drug-likeness (QED) is 0.103. The SMILES string of the molecule is CCCCCCCCCCCC(=O)c1ccc2c([nH]c3ccccc32)c1C(=O)CCCCCCCCCCC. The van der Waals surface area contributed by atoms with Gasteiger partial charge in [0.05, 0.1) is 11.1 Å². The van der Waals surface area contributed by atoms with E-state index in [-0.39, 0.29) is 11.6 Å². The van der Waals surface area contributed by atoms with Gasteiger partial charge in [0, 0.05) is 34.7 Å². The number of H-pyrrole nitrogens is 1. The van der Waals surface area contributed by atoms with Crippen molar-refractivity contribution in [3.05, 3.63) is 47.5 Å². The van der Waals surface area contributed by atoms with Crippen molar-refractivity contribution in [3.8, 4) is 0 Å². The lowest BCUT2D eigenvalue weighted by molar-refractivity contribution is 0.0947. The van der Waals surface area contributed by atoms with Gasteiger partial charge in [-0.25, -0.2) is 0 Å². The molecule has 0 aliphatic heterocycles. The van der Waals surface area contributed by atoms with Gasteiger partial charge in [-0.1, -0.05) is 141 Å². The first kappa shape index (κ1) is 31.1. The Bertz CT molecular complexity index is 1140. The highest BCUT2D eigenvalue weighted by Gasteiger charge is 2.22. The van der Waals surface area contributed by atoms with Crippen LogP contribution in [0.1, 0.15) is 163 Å². The van der Waals surface area contributed by atoms with E-state index in [1.54, 1.807) is 0 Å². The number of hydrogen-bond acceptors (Lipinski definition) is 2. The molecule has 3 nitrogen and oxygen atoms in total. The van der Waals surface area contributed by atoms with Crippen molar-refractivity contribution < 1.29 is 9.59 Å². The Labute approximate surface area is 237 Å². The van der Waals surface area contributed by atoms with Crippen molar-refractivity contribution >= 4 is 33.4 Å². The summed E-state index contributed by atoms with van der Waals surface area (Å²) >= 11 is 0. The highest BCUT2D eigenvalue weighted by molar-refractivity contribution is 6.20. The molecule has 1 heterocycles. The summed E-state index contributed by atoms with van der Waals surface area (Å²) in [6.45, 7) is 4.51. The van der Waals surface area contributed by atoms with Crippen LogP contribution in [0.4, 0.5) is 0 Å². The highest BCUT2D eigenvalue weighted by atomic mass is 16.1. The summed E-state index contributed by atoms with van der Waals surface area (Å²) in [5.74, 6) is 0.236. The highest BCUT2D eigenvalue weighted by Crippen LogP contribution is 2.31. The zero-order valence-corrected chi connectivity index (χ0v) is 24.9. The van der Waals surface area contributed by atoms with E-state index in [0.717, 1.165) is 47.5 Å². The molecule has 1 aromatic heterocycles. The van der Waals surface area contributed by atoms with Gasteiger partial charge in [0.1, 0.15) is 0 Å². The number of aromatic nitrogens is 1. The number of nitrogens with one attached hydrogen (secondary N) is 1. The molecule has 0 bridgehead atoms. The number of carbonyl (C=O) groups is 2. The van der Waals surface area contributed by atoms with E-state index in [1.165, 1.54) is 89.9 Å². The van der Waals surface area contributed by atoms with Crippen molar-refractivity contribution in [2.75, 3.05) is 0 Å². The summed E-state index contributed by atoms with van der Waals surface area (Å²) in [5, 5.41) is 2.16. The van der Waals surface area contributed by atoms with Crippen LogP contribution in [-0.4, -0.2) is 16.6 Å². The van der Waals surface area contributed by atoms with Crippen LogP contribution in [0.15, 0.2) is 36.4 Å². The fraction of sp³-hybridized carbons (Fsp3) is 0.611. The van der Waals surface area contributed by atoms with Gasteiger partial charge in [0.25, 0.3) is 0 Å². The lowest BCUT2D eigenvalue weighted by atomic mass is 9.92. The standard InChI is InChI=1S/C36H53NO2/c1-3-5-7-9-11-13-15-17-19-25-33(38)31-28-27-30-29-23-21-22-24-32(29)37-36(30)35(31)34(39)26-20-18-16-14-12-10-8-6-4-2/h21-24,27-28,37H,3-20,25-26H2,1-2H3. The van der Waals surface area contributed by atoms with E-state index in [2.05, 4.69) is 24.9 Å². The zero-order valence-electron chi connectivity index (χ0n) is 24.9. The molecule has 0 amide bonds. The van der Waals surface area contributed by atoms with Crippen LogP contribution in [0, 0.1) is 0 Å². The number of ketones is 2. The minimum absolute atomic E-state index is 0.116. The van der Waals surface area contributed by atoms with Crippen molar-refractivity contribution in [1.29, 1.82) is 0 Å². The van der Waals surface area contributed by atoms with Crippen LogP contribution >= 0.6 is 0 Å². The Morgan fingerprint density at radius 1 is 0.538 bits per heavy atom. The van der Waals surface area contributed by atoms with Crippen molar-refractivity contribution in [1.82, 2.24) is 4.98 Å². The van der Waals surface area contributed by atoms with Crippen LogP contribution in [0.25, 0.3) is 21.8 Å². The molecular weight excluding hydrogens is 478 g/mol. The normalized spacial score (nSPS) is 11.5. The maximum atomic E-state index is 13.6. The van der Waals surface area contributed by atoms with E-state index >= 15 is 0 Å². The summed E-state index contributed by atoms with van der Waals surface area (Å²) in [7, 11) is 0. The molecule has 0 unspecified atom stereocenters. The molecule has 1 N–H and O–H groups in total. The van der Waals surface area contributed by atoms with Crippen molar-refractivity contribution in [3.63, 3.8) is 0 Å². The minimum atomic E-state index is 0.116. The van der Waals surface area contributed by atoms with Crippen LogP contribution in [0.3, 0.4) is 0 Å². The number of aromatic amines is 1. The average Bonchev–Trinajstić information content (AvgIpc) is 3.33. The van der Waals surface area contributed by atoms with Gasteiger partial charge in [-0.05, 0) is 25.0 Å². The summed E-state index contributed by atoms with van der Waals surface area (Å²) in [6.07, 6.45) is 23.2. The number of benzene rings is 2. The van der Waals surface area contributed by atoms with Gasteiger partial charge in [0.2, 0.25) is 0 Å². The summed E-state index contributed by atoms with van der Waals surface area (Å²) in [5.41, 5.74) is 3.11. The fourth-order valence-corrected chi connectivity index (χ4v) is 5.89. The van der Waals surface area contributed by atoms with Gasteiger partial charge in [-0.2, -0.15) is 0 Å². The molecule has 3 rings (SSSR count). The second-order valence-electron chi connectivity index (χ2n) is 11.6. The Morgan fingerprint density at radius 3 is 1.59 bits per heavy atom. The number of para-hydroxylation sites is 1. The predicted octanol–water partition coefficient (Wildman–Crippen LogP) is 11.5. The van der Waals surface area contributed by atoms with Gasteiger partial charge in [-0.3, -0.25) is 9.59 Å². The molecular formula is C36H53NO2. The van der Waals surface area contributed by atoms with Crippen LogP contribution in [-0.2, 0) is 0 Å². The van der Waals surface area contributed by atoms with Gasteiger partial charge < -0.3 is 4.98 Å². The van der Waals surface area contributed by atoms with Crippen LogP contribution < -0.4 is 0 Å². The molecule has 0 saturated carbocycles. The Balaban J connectivity index is 1.59. The summed E-state index contributed by atoms with van der Waals surface area (Å²) in [6, 6.07) is 12.1. The van der Waals surface area contributed by atoms with Crippen molar-refractivity contribution in [2.45, 2.75) is 142 Å². The van der Waals surface area contributed by atoms with E-state index in [4.69, 9.17) is 0 Å². The number of fused-ring (bicyclic) bond motifs is 3. The number of hydrogen-bond donors (Lipinski definition) is 1. The third-order valence-corrected chi connectivity index (χ3v) is 8.28. The third-order valence-electron chi connectivity index (χ3n) is 8.28. The number of Topliss-reactive ketones (excluding diaryl/α,β-unsaturated/α-hetero) is 2. The van der Waals surface area contributed by atoms with Gasteiger partial charge in [-0.15, -0.1) is 0 Å². The average molecular weight is 532 g/mol. The zero-order chi connectivity index (χ0) is 27.7. The molecule has 0 fully saturated rings. The Morgan fingerprint density at radius 2 is 1.03 bits per heavy atom. The smallest absolute Gasteiger partial charge is 0.165 e. The molecule has 39 heavy (non-hydrogen) atoms. The molecule has 0 aliphatic rings. The largest absolute Gasteiger partial charge is 0.354 e. The number of carbonyl (C=O) groups excluding carboxylic acids is 2. The second kappa shape index (κ2) is 18.0. The van der Waals surface area contributed by atoms with Crippen molar-refractivity contribution in [2.24, 2.45) is 0 Å². The molecule has 0 aliphatic carbocycles. The second-order valence-corrected chi connectivity index (χ2v) is 11.6. The number of rotatable bonds is 22. The van der Waals surface area contributed by atoms with E-state index in [1.807, 2.05) is 30.3 Å². The fourth-order valence-electron chi connectivity index (χ4n) is 5.89. The maximum Gasteiger partial charge on any atom is 0.165 e. The Kier molecular flexibility index (Phi) is 14.4. The van der Waals surface area contributed by atoms with E-state index in [0.29, 0.717) is 24.0 Å². The monoisotopic (exact) mass is 531 g/mol. The lowest BCUT2D eigenvalue weighted by Crippen LogP contribution is -2.10. The first-order chi connectivity index (χ1) is 19.2. The van der Waals surface area contributed by atoms with E-state index < -0.39 is 0 Å². The molecule has 0 atom stereocenters. The molecule has 2 aromatic carbocycles. The first-order valence-corrected chi connectivity index (χ1v) is 16.3. The number of unbranched alkanes of at least 4 members (excludes halogenated alkanes) is 16. The van der Waals surface area contributed by atoms with Gasteiger partial charge in [0.15, 0.2) is 11.6 Å². The predicted molar refractivity (Wildman–Crippen MR) is 168 cm³/mol. The summed E-state index contributed by atoms with van der Waals surface area (Å²) in [4.78, 5) is 30.5. The lowest BCUT2D eigenvalue weighted by Gasteiger charge is -2.10. The molecule has 3 heteroatoms. The molecule has 3 aromatic rings. The van der Waals surface area contributed by atoms with E-state index in [9.17, 15) is 9.59 Å². The molecule has 0 spiro atoms. The molecule has 0 radical (unpaired) electrons. The first-order valence-electron chi connectivity index (χ1n) is 16.3. The van der Waals surface area contributed by atoms with Crippen LogP contribution in [0.2, 0.25) is 0 Å². The third kappa shape index (κ3) is 9.92.